The Morgan fingerprint density at radius 3 is 2.64 bits per heavy atom. The normalized spacial score (nSPS) is 23.4. The van der Waals surface area contributed by atoms with Crippen molar-refractivity contribution in [3.63, 3.8) is 0 Å². The Morgan fingerprint density at radius 2 is 1.85 bits per heavy atom. The first-order valence-electron chi connectivity index (χ1n) is 10.8. The maximum atomic E-state index is 13.2. The second kappa shape index (κ2) is 8.48. The quantitative estimate of drug-likeness (QED) is 0.513. The summed E-state index contributed by atoms with van der Waals surface area (Å²) >= 11 is 5.85. The molecule has 3 atom stereocenters. The average molecular weight is 487 g/mol. The number of sulfonamides is 1. The molecule has 10 heteroatoms. The van der Waals surface area contributed by atoms with Crippen molar-refractivity contribution in [1.82, 2.24) is 19.9 Å². The number of benzene rings is 2. The summed E-state index contributed by atoms with van der Waals surface area (Å²) in [6, 6.07) is 11.9. The molecule has 2 amide bonds. The second-order valence-corrected chi connectivity index (χ2v) is 10.6. The Morgan fingerprint density at radius 1 is 1.09 bits per heavy atom. The molecule has 0 radical (unpaired) electrons. The fourth-order valence-corrected chi connectivity index (χ4v) is 6.08. The van der Waals surface area contributed by atoms with E-state index >= 15 is 0 Å². The van der Waals surface area contributed by atoms with Crippen molar-refractivity contribution in [2.24, 2.45) is 0 Å². The molecule has 3 aromatic rings. The van der Waals surface area contributed by atoms with Gasteiger partial charge >= 0.3 is 0 Å². The molecule has 2 saturated heterocycles. The molecule has 3 heterocycles. The van der Waals surface area contributed by atoms with Gasteiger partial charge in [0.25, 0.3) is 0 Å². The molecule has 5 rings (SSSR count). The van der Waals surface area contributed by atoms with Gasteiger partial charge < -0.3 is 15.2 Å². The van der Waals surface area contributed by atoms with E-state index < -0.39 is 28.1 Å². The average Bonchev–Trinajstić information content (AvgIpc) is 3.20. The van der Waals surface area contributed by atoms with Crippen LogP contribution in [0, 0.1) is 0 Å². The van der Waals surface area contributed by atoms with Crippen molar-refractivity contribution in [3.8, 4) is 0 Å². The van der Waals surface area contributed by atoms with E-state index in [1.807, 2.05) is 30.5 Å². The second-order valence-electron chi connectivity index (χ2n) is 8.47. The number of fused-ring (bicyclic) bond motifs is 2. The van der Waals surface area contributed by atoms with Crippen molar-refractivity contribution >= 4 is 44.3 Å². The Hall–Kier alpha value is -2.88. The standard InChI is InChI=1S/C23H23ClN4O4S/c24-15-5-7-17(8-6-15)33(31,32)27-16-9-10-28-21(12-16)22(29)26-20(23(28)30)11-14-13-25-19-4-2-1-3-18(14)19/h1-8,13,16,20-21,25,27H,9-12H2,(H,26,29)/t16-,20+,21-/m0/s1. The minimum Gasteiger partial charge on any atom is -0.361 e. The fraction of sp³-hybridized carbons (Fsp3) is 0.304. The number of halogens is 1. The van der Waals surface area contributed by atoms with Crippen molar-refractivity contribution in [1.29, 1.82) is 0 Å². The van der Waals surface area contributed by atoms with Gasteiger partial charge in [-0.1, -0.05) is 29.8 Å². The highest BCUT2D eigenvalue weighted by molar-refractivity contribution is 7.89. The zero-order valence-corrected chi connectivity index (χ0v) is 19.2. The van der Waals surface area contributed by atoms with E-state index in [1.165, 1.54) is 24.3 Å². The molecular weight excluding hydrogens is 464 g/mol. The Bertz CT molecular complexity index is 1320. The van der Waals surface area contributed by atoms with Gasteiger partial charge in [0.15, 0.2) is 0 Å². The van der Waals surface area contributed by atoms with Gasteiger partial charge in [-0.25, -0.2) is 13.1 Å². The molecule has 0 saturated carbocycles. The maximum Gasteiger partial charge on any atom is 0.246 e. The lowest BCUT2D eigenvalue weighted by atomic mass is 9.92. The summed E-state index contributed by atoms with van der Waals surface area (Å²) in [5, 5.41) is 4.32. The number of nitrogens with zero attached hydrogens (tertiary/aromatic N) is 1. The van der Waals surface area contributed by atoms with Crippen LogP contribution in [0.4, 0.5) is 0 Å². The first-order valence-corrected chi connectivity index (χ1v) is 12.6. The Kier molecular flexibility index (Phi) is 5.64. The Balaban J connectivity index is 1.27. The highest BCUT2D eigenvalue weighted by Crippen LogP contribution is 2.26. The largest absolute Gasteiger partial charge is 0.361 e. The molecule has 0 bridgehead atoms. The Labute approximate surface area is 196 Å². The highest BCUT2D eigenvalue weighted by Gasteiger charge is 2.44. The van der Waals surface area contributed by atoms with Gasteiger partial charge in [-0.15, -0.1) is 0 Å². The maximum absolute atomic E-state index is 13.2. The van der Waals surface area contributed by atoms with Crippen LogP contribution in [0.25, 0.3) is 10.9 Å². The van der Waals surface area contributed by atoms with E-state index in [9.17, 15) is 18.0 Å². The summed E-state index contributed by atoms with van der Waals surface area (Å²) in [4.78, 5) is 30.9. The van der Waals surface area contributed by atoms with Crippen LogP contribution in [-0.4, -0.2) is 54.8 Å². The monoisotopic (exact) mass is 486 g/mol. The number of carbonyl (C=O) groups excluding carboxylic acids is 2. The highest BCUT2D eigenvalue weighted by atomic mass is 35.5. The topological polar surface area (TPSA) is 111 Å². The van der Waals surface area contributed by atoms with Crippen LogP contribution in [0.2, 0.25) is 5.02 Å². The number of para-hydroxylation sites is 1. The third-order valence-electron chi connectivity index (χ3n) is 6.35. The SMILES string of the molecule is O=C1N[C@H](Cc2c[nH]c3ccccc23)C(=O)N2CC[C@H](NS(=O)(=O)c3ccc(Cl)cc3)C[C@@H]12. The van der Waals surface area contributed by atoms with Gasteiger partial charge in [-0.3, -0.25) is 9.59 Å². The number of aromatic amines is 1. The summed E-state index contributed by atoms with van der Waals surface area (Å²) in [5.41, 5.74) is 1.95. The fourth-order valence-electron chi connectivity index (χ4n) is 4.67. The molecule has 8 nitrogen and oxygen atoms in total. The van der Waals surface area contributed by atoms with Crippen LogP contribution < -0.4 is 10.0 Å². The smallest absolute Gasteiger partial charge is 0.246 e. The number of hydrogen-bond donors (Lipinski definition) is 3. The van der Waals surface area contributed by atoms with Crippen LogP contribution in [0.5, 0.6) is 0 Å². The van der Waals surface area contributed by atoms with Crippen LogP contribution in [0.1, 0.15) is 18.4 Å². The predicted molar refractivity (Wildman–Crippen MR) is 124 cm³/mol. The number of piperidine rings is 1. The number of amides is 2. The summed E-state index contributed by atoms with van der Waals surface area (Å²) < 4.78 is 28.1. The zero-order valence-electron chi connectivity index (χ0n) is 17.6. The number of H-pyrrole nitrogens is 1. The lowest BCUT2D eigenvalue weighted by Gasteiger charge is -2.44. The number of rotatable bonds is 5. The third kappa shape index (κ3) is 4.23. The van der Waals surface area contributed by atoms with Crippen LogP contribution in [-0.2, 0) is 26.0 Å². The molecule has 0 unspecified atom stereocenters. The summed E-state index contributed by atoms with van der Waals surface area (Å²) in [7, 11) is -3.76. The molecule has 2 aliphatic heterocycles. The first-order chi connectivity index (χ1) is 15.8. The van der Waals surface area contributed by atoms with Gasteiger partial charge in [0, 0.05) is 41.1 Å². The summed E-state index contributed by atoms with van der Waals surface area (Å²) in [5.74, 6) is -0.390. The van der Waals surface area contributed by atoms with Gasteiger partial charge in [0.1, 0.15) is 12.1 Å². The van der Waals surface area contributed by atoms with E-state index in [0.717, 1.165) is 16.5 Å². The van der Waals surface area contributed by atoms with Crippen LogP contribution in [0.3, 0.4) is 0 Å². The van der Waals surface area contributed by atoms with E-state index in [2.05, 4.69) is 15.0 Å². The van der Waals surface area contributed by atoms with Crippen molar-refractivity contribution in [2.45, 2.75) is 42.3 Å². The number of hydrogen-bond acceptors (Lipinski definition) is 4. The van der Waals surface area contributed by atoms with Gasteiger partial charge in [0.2, 0.25) is 21.8 Å². The van der Waals surface area contributed by atoms with Gasteiger partial charge in [0.05, 0.1) is 4.90 Å². The minimum atomic E-state index is -3.76. The number of nitrogens with one attached hydrogen (secondary N) is 3. The molecule has 172 valence electrons. The lowest BCUT2D eigenvalue weighted by Crippen LogP contribution is -2.67. The van der Waals surface area contributed by atoms with E-state index in [4.69, 9.17) is 11.6 Å². The molecular formula is C23H23ClN4O4S. The molecule has 3 N–H and O–H groups in total. The van der Waals surface area contributed by atoms with Gasteiger partial charge in [-0.2, -0.15) is 0 Å². The number of piperazine rings is 1. The zero-order chi connectivity index (χ0) is 23.2. The molecule has 1 aromatic heterocycles. The molecule has 2 fully saturated rings. The van der Waals surface area contributed by atoms with Crippen molar-refractivity contribution < 1.29 is 18.0 Å². The molecule has 0 aliphatic carbocycles. The van der Waals surface area contributed by atoms with Crippen molar-refractivity contribution in [3.05, 3.63) is 65.3 Å². The first kappa shape index (κ1) is 21.9. The number of carbonyl (C=O) groups is 2. The molecule has 33 heavy (non-hydrogen) atoms. The van der Waals surface area contributed by atoms with Gasteiger partial charge in [-0.05, 0) is 48.7 Å². The van der Waals surface area contributed by atoms with E-state index in [-0.39, 0.29) is 23.1 Å². The van der Waals surface area contributed by atoms with Crippen molar-refractivity contribution in [2.75, 3.05) is 6.54 Å². The molecule has 0 spiro atoms. The number of aromatic nitrogens is 1. The minimum absolute atomic E-state index is 0.109. The lowest BCUT2D eigenvalue weighted by molar-refractivity contribution is -0.151. The summed E-state index contributed by atoms with van der Waals surface area (Å²) in [6.07, 6.45) is 2.92. The third-order valence-corrected chi connectivity index (χ3v) is 8.14. The molecule has 2 aliphatic rings. The van der Waals surface area contributed by atoms with Crippen LogP contribution >= 0.6 is 11.6 Å². The van der Waals surface area contributed by atoms with E-state index in [1.54, 1.807) is 4.90 Å². The summed E-state index contributed by atoms with van der Waals surface area (Å²) in [6.45, 7) is 0.315. The van der Waals surface area contributed by atoms with Crippen LogP contribution in [0.15, 0.2) is 59.6 Å². The van der Waals surface area contributed by atoms with E-state index in [0.29, 0.717) is 24.4 Å². The predicted octanol–water partition coefficient (Wildman–Crippen LogP) is 2.20. The molecule has 2 aromatic carbocycles.